The number of ether oxygens (including phenoxy) is 1. The van der Waals surface area contributed by atoms with Crippen LogP contribution in [0.3, 0.4) is 0 Å². The second kappa shape index (κ2) is 10.3. The smallest absolute Gasteiger partial charge is 0.418 e. The lowest BCUT2D eigenvalue weighted by Crippen LogP contribution is -2.51. The first-order valence-corrected chi connectivity index (χ1v) is 14.9. The first kappa shape index (κ1) is 28.7. The zero-order valence-electron chi connectivity index (χ0n) is 23.4. The highest BCUT2D eigenvalue weighted by Crippen LogP contribution is 2.45. The lowest BCUT2D eigenvalue weighted by molar-refractivity contribution is -0.137. The van der Waals surface area contributed by atoms with E-state index < -0.39 is 40.5 Å². The Morgan fingerprint density at radius 2 is 1.88 bits per heavy atom. The van der Waals surface area contributed by atoms with E-state index in [4.69, 9.17) is 27.1 Å². The van der Waals surface area contributed by atoms with Crippen LogP contribution in [0, 0.1) is 12.7 Å². The van der Waals surface area contributed by atoms with Gasteiger partial charge in [-0.25, -0.2) is 13.8 Å². The van der Waals surface area contributed by atoms with Gasteiger partial charge in [-0.05, 0) is 56.8 Å². The molecule has 1 aromatic carbocycles. The first-order chi connectivity index (χ1) is 20.4. The van der Waals surface area contributed by atoms with Crippen molar-refractivity contribution in [2.24, 2.45) is 0 Å². The van der Waals surface area contributed by atoms with Gasteiger partial charge in [-0.3, -0.25) is 4.90 Å². The third kappa shape index (κ3) is 4.93. The molecule has 2 aromatic heterocycles. The van der Waals surface area contributed by atoms with Crippen LogP contribution in [-0.4, -0.2) is 76.4 Å². The van der Waals surface area contributed by atoms with Crippen LogP contribution in [0.25, 0.3) is 22.2 Å². The molecule has 0 saturated carbocycles. The van der Waals surface area contributed by atoms with E-state index in [2.05, 4.69) is 20.2 Å². The summed E-state index contributed by atoms with van der Waals surface area (Å²) in [5.41, 5.74) is 2.47. The zero-order valence-corrected chi connectivity index (χ0v) is 24.2. The van der Waals surface area contributed by atoms with E-state index in [9.17, 15) is 17.6 Å². The molecule has 4 saturated heterocycles. The summed E-state index contributed by atoms with van der Waals surface area (Å²) in [5, 5.41) is 3.52. The minimum Gasteiger partial charge on any atom is -0.461 e. The standard InChI is InChI=1S/C29H31ClF5N7O/c1-14-7-20(36)38-25(22(14)29(33,34)35)21-19(30)8-18-24(23(21)32)39-27(40-26(18)41-11-16-3-4-17(12-41)37-16)43-13-28-5-2-6-42(28)10-15(31)9-28/h7-8,15-17,37H,2-6,9-13H2,1H3,(H2,36,38)/t15-,16-,17+,28+/m1/s1. The number of halogens is 6. The molecule has 3 N–H and O–H groups in total. The second-order valence-corrected chi connectivity index (χ2v) is 12.7. The maximum atomic E-state index is 16.6. The van der Waals surface area contributed by atoms with Crippen molar-refractivity contribution in [1.82, 2.24) is 25.2 Å². The molecule has 0 radical (unpaired) electrons. The van der Waals surface area contributed by atoms with Crippen molar-refractivity contribution < 1.29 is 26.7 Å². The lowest BCUT2D eigenvalue weighted by Gasteiger charge is -2.34. The minimum atomic E-state index is -4.85. The first-order valence-electron chi connectivity index (χ1n) is 14.5. The van der Waals surface area contributed by atoms with Crippen molar-refractivity contribution in [2.75, 3.05) is 43.4 Å². The topological polar surface area (TPSA) is 92.4 Å². The third-order valence-corrected chi connectivity index (χ3v) is 9.64. The number of anilines is 2. The van der Waals surface area contributed by atoms with Crippen molar-refractivity contribution in [3.63, 3.8) is 0 Å². The Hall–Kier alpha value is -3.03. The molecule has 0 unspecified atom stereocenters. The number of hydrogen-bond donors (Lipinski definition) is 2. The maximum absolute atomic E-state index is 16.6. The van der Waals surface area contributed by atoms with E-state index >= 15 is 4.39 Å². The number of nitrogens with one attached hydrogen (secondary N) is 1. The van der Waals surface area contributed by atoms with Crippen LogP contribution in [0.5, 0.6) is 6.01 Å². The number of rotatable bonds is 5. The number of nitrogens with zero attached hydrogens (tertiary/aromatic N) is 5. The molecule has 4 aliphatic heterocycles. The number of fused-ring (bicyclic) bond motifs is 4. The Morgan fingerprint density at radius 3 is 2.60 bits per heavy atom. The second-order valence-electron chi connectivity index (χ2n) is 12.3. The molecule has 6 heterocycles. The molecule has 14 heteroatoms. The van der Waals surface area contributed by atoms with Gasteiger partial charge in [-0.1, -0.05) is 11.6 Å². The number of nitrogens with two attached hydrogens (primary N) is 1. The lowest BCUT2D eigenvalue weighted by atomic mass is 9.95. The molecule has 8 nitrogen and oxygen atoms in total. The van der Waals surface area contributed by atoms with Gasteiger partial charge >= 0.3 is 12.2 Å². The summed E-state index contributed by atoms with van der Waals surface area (Å²) in [6.45, 7) is 3.64. The highest BCUT2D eigenvalue weighted by molar-refractivity contribution is 6.34. The Kier molecular flexibility index (Phi) is 6.86. The van der Waals surface area contributed by atoms with Crippen LogP contribution >= 0.6 is 11.6 Å². The van der Waals surface area contributed by atoms with Gasteiger partial charge in [-0.15, -0.1) is 0 Å². The van der Waals surface area contributed by atoms with E-state index in [1.807, 2.05) is 4.90 Å². The number of benzene rings is 1. The average Bonchev–Trinajstić information content (AvgIpc) is 3.56. The fourth-order valence-corrected chi connectivity index (χ4v) is 7.82. The summed E-state index contributed by atoms with van der Waals surface area (Å²) in [7, 11) is 0. The quantitative estimate of drug-likeness (QED) is 0.371. The summed E-state index contributed by atoms with van der Waals surface area (Å²) in [4.78, 5) is 17.1. The van der Waals surface area contributed by atoms with Gasteiger partial charge in [0.1, 0.15) is 29.9 Å². The molecule has 3 aromatic rings. The van der Waals surface area contributed by atoms with Gasteiger partial charge in [-0.2, -0.15) is 23.1 Å². The number of aromatic nitrogens is 3. The molecule has 43 heavy (non-hydrogen) atoms. The third-order valence-electron chi connectivity index (χ3n) is 9.35. The van der Waals surface area contributed by atoms with Gasteiger partial charge in [0.2, 0.25) is 0 Å². The minimum absolute atomic E-state index is 0.113. The summed E-state index contributed by atoms with van der Waals surface area (Å²) >= 11 is 6.56. The molecule has 7 rings (SSSR count). The van der Waals surface area contributed by atoms with Gasteiger partial charge < -0.3 is 20.7 Å². The van der Waals surface area contributed by atoms with Crippen LogP contribution < -0.4 is 20.7 Å². The molecule has 0 amide bonds. The van der Waals surface area contributed by atoms with Crippen LogP contribution in [0.2, 0.25) is 5.02 Å². The van der Waals surface area contributed by atoms with Crippen LogP contribution in [0.4, 0.5) is 33.6 Å². The average molecular weight is 624 g/mol. The van der Waals surface area contributed by atoms with E-state index in [1.54, 1.807) is 0 Å². The Labute approximate surface area is 249 Å². The summed E-state index contributed by atoms with van der Waals surface area (Å²) < 4.78 is 79.7. The van der Waals surface area contributed by atoms with E-state index in [0.717, 1.165) is 38.3 Å². The maximum Gasteiger partial charge on any atom is 0.418 e. The molecule has 0 aliphatic carbocycles. The number of nitrogen functional groups attached to an aromatic ring is 1. The molecule has 230 valence electrons. The predicted octanol–water partition coefficient (Wildman–Crippen LogP) is 5.29. The van der Waals surface area contributed by atoms with E-state index in [-0.39, 0.29) is 52.0 Å². The molecule has 4 fully saturated rings. The van der Waals surface area contributed by atoms with Gasteiger partial charge in [0.05, 0.1) is 27.4 Å². The van der Waals surface area contributed by atoms with Gasteiger partial charge in [0.15, 0.2) is 5.82 Å². The summed E-state index contributed by atoms with van der Waals surface area (Å²) in [5.74, 6) is -0.903. The van der Waals surface area contributed by atoms with E-state index in [1.165, 1.54) is 13.0 Å². The number of aryl methyl sites for hydroxylation is 1. The molecule has 2 bridgehead atoms. The van der Waals surface area contributed by atoms with E-state index in [0.29, 0.717) is 31.9 Å². The van der Waals surface area contributed by atoms with Crippen LogP contribution in [0.15, 0.2) is 12.1 Å². The largest absolute Gasteiger partial charge is 0.461 e. The molecular formula is C29H31ClF5N7O. The van der Waals surface area contributed by atoms with Crippen LogP contribution in [0.1, 0.15) is 43.2 Å². The van der Waals surface area contributed by atoms with Gasteiger partial charge in [0, 0.05) is 43.5 Å². The fraction of sp³-hybridized carbons (Fsp3) is 0.552. The van der Waals surface area contributed by atoms with Crippen molar-refractivity contribution in [1.29, 1.82) is 0 Å². The Bertz CT molecular complexity index is 1590. The Balaban J connectivity index is 1.38. The number of piperazine rings is 1. The van der Waals surface area contributed by atoms with Gasteiger partial charge in [0.25, 0.3) is 0 Å². The summed E-state index contributed by atoms with van der Waals surface area (Å²) in [6, 6.07) is 2.78. The highest BCUT2D eigenvalue weighted by atomic mass is 35.5. The number of hydrogen-bond acceptors (Lipinski definition) is 8. The zero-order chi connectivity index (χ0) is 30.3. The summed E-state index contributed by atoms with van der Waals surface area (Å²) in [6.07, 6.45) is -1.86. The molecular weight excluding hydrogens is 593 g/mol. The van der Waals surface area contributed by atoms with Crippen molar-refractivity contribution in [3.05, 3.63) is 34.1 Å². The number of alkyl halides is 4. The predicted molar refractivity (Wildman–Crippen MR) is 153 cm³/mol. The number of pyridine rings is 1. The normalized spacial score (nSPS) is 27.3. The monoisotopic (exact) mass is 623 g/mol. The van der Waals surface area contributed by atoms with Crippen molar-refractivity contribution in [2.45, 2.75) is 69.0 Å². The molecule has 0 spiro atoms. The van der Waals surface area contributed by atoms with Crippen LogP contribution in [-0.2, 0) is 6.18 Å². The highest BCUT2D eigenvalue weighted by Gasteiger charge is 2.49. The SMILES string of the molecule is Cc1cc(N)nc(-c2c(Cl)cc3c(N4C[C@H]5CC[C@@H](C4)N5)nc(OC[C@@]45CCCN4C[C@H](F)C5)nc3c2F)c1C(F)(F)F. The van der Waals surface area contributed by atoms with Crippen molar-refractivity contribution in [3.8, 4) is 17.3 Å². The fourth-order valence-electron chi connectivity index (χ4n) is 7.54. The molecule has 4 aliphatic rings. The molecule has 4 atom stereocenters. The Morgan fingerprint density at radius 1 is 1.14 bits per heavy atom. The van der Waals surface area contributed by atoms with Crippen molar-refractivity contribution >= 4 is 34.1 Å².